The van der Waals surface area contributed by atoms with Crippen molar-refractivity contribution in [1.82, 2.24) is 10.2 Å². The van der Waals surface area contributed by atoms with Gasteiger partial charge in [-0.2, -0.15) is 0 Å². The van der Waals surface area contributed by atoms with E-state index < -0.39 is 0 Å². The average Bonchev–Trinajstić information content (AvgIpc) is 3.21. The molecule has 1 amide bonds. The maximum atomic E-state index is 12.6. The lowest BCUT2D eigenvalue weighted by molar-refractivity contribution is 0.0942. The molecule has 0 spiro atoms. The molecule has 0 radical (unpaired) electrons. The van der Waals surface area contributed by atoms with Crippen LogP contribution in [0.5, 0.6) is 5.75 Å². The van der Waals surface area contributed by atoms with Gasteiger partial charge in [0.2, 0.25) is 0 Å². The van der Waals surface area contributed by atoms with Gasteiger partial charge in [-0.15, -0.1) is 11.3 Å². The highest BCUT2D eigenvalue weighted by Gasteiger charge is 2.17. The van der Waals surface area contributed by atoms with Gasteiger partial charge in [0.05, 0.1) is 6.04 Å². The molecule has 0 saturated heterocycles. The van der Waals surface area contributed by atoms with Crippen LogP contribution in [0.4, 0.5) is 0 Å². The largest absolute Gasteiger partial charge is 0.489 e. The minimum atomic E-state index is -0.0939. The van der Waals surface area contributed by atoms with Gasteiger partial charge in [0.1, 0.15) is 12.4 Å². The second-order valence-electron chi connectivity index (χ2n) is 6.51. The highest BCUT2D eigenvalue weighted by Crippen LogP contribution is 2.22. The number of nitrogens with one attached hydrogen (secondary N) is 1. The molecule has 1 atom stereocenters. The number of hydrogen-bond acceptors (Lipinski definition) is 4. The Bertz CT molecular complexity index is 848. The van der Waals surface area contributed by atoms with Gasteiger partial charge in [-0.05, 0) is 49.3 Å². The molecular weight excluding hydrogens is 356 g/mol. The summed E-state index contributed by atoms with van der Waals surface area (Å²) in [4.78, 5) is 15.9. The monoisotopic (exact) mass is 380 g/mol. The number of hydrogen-bond donors (Lipinski definition) is 1. The second kappa shape index (κ2) is 9.35. The minimum Gasteiger partial charge on any atom is -0.489 e. The molecule has 1 N–H and O–H groups in total. The van der Waals surface area contributed by atoms with Crippen molar-refractivity contribution in [2.75, 3.05) is 20.6 Å². The smallest absolute Gasteiger partial charge is 0.251 e. The number of carbonyl (C=O) groups excluding carboxylic acids is 1. The van der Waals surface area contributed by atoms with E-state index in [2.05, 4.69) is 21.7 Å². The number of ether oxygens (including phenoxy) is 1. The zero-order valence-corrected chi connectivity index (χ0v) is 16.4. The van der Waals surface area contributed by atoms with E-state index in [1.54, 1.807) is 23.5 Å². The Hall–Kier alpha value is -2.63. The molecule has 5 heteroatoms. The second-order valence-corrected chi connectivity index (χ2v) is 7.49. The fourth-order valence-electron chi connectivity index (χ4n) is 2.78. The van der Waals surface area contributed by atoms with Crippen LogP contribution in [0.15, 0.2) is 72.1 Å². The molecule has 3 aromatic rings. The van der Waals surface area contributed by atoms with Crippen LogP contribution in [-0.4, -0.2) is 31.4 Å². The summed E-state index contributed by atoms with van der Waals surface area (Å²) in [6.45, 7) is 1.04. The molecule has 2 aromatic carbocycles. The normalized spacial score (nSPS) is 12.0. The summed E-state index contributed by atoms with van der Waals surface area (Å²) < 4.78 is 5.82. The van der Waals surface area contributed by atoms with E-state index in [1.807, 2.05) is 62.6 Å². The van der Waals surface area contributed by atoms with Gasteiger partial charge in [-0.3, -0.25) is 4.79 Å². The molecule has 0 aliphatic carbocycles. The summed E-state index contributed by atoms with van der Waals surface area (Å²) in [5.41, 5.74) is 1.70. The van der Waals surface area contributed by atoms with Crippen molar-refractivity contribution in [3.05, 3.63) is 88.1 Å². The Morgan fingerprint density at radius 1 is 1.07 bits per heavy atom. The van der Waals surface area contributed by atoms with Crippen molar-refractivity contribution >= 4 is 17.2 Å². The first-order valence-corrected chi connectivity index (χ1v) is 9.76. The van der Waals surface area contributed by atoms with Crippen molar-refractivity contribution in [2.45, 2.75) is 12.6 Å². The maximum Gasteiger partial charge on any atom is 0.251 e. The minimum absolute atomic E-state index is 0.0939. The summed E-state index contributed by atoms with van der Waals surface area (Å²) in [6, 6.07) is 21.6. The molecule has 1 aromatic heterocycles. The number of carbonyl (C=O) groups is 1. The Morgan fingerprint density at radius 3 is 2.59 bits per heavy atom. The third-order valence-corrected chi connectivity index (χ3v) is 5.27. The van der Waals surface area contributed by atoms with Crippen LogP contribution in [0.2, 0.25) is 0 Å². The van der Waals surface area contributed by atoms with Gasteiger partial charge in [0.25, 0.3) is 5.91 Å². The molecule has 4 nitrogen and oxygen atoms in total. The van der Waals surface area contributed by atoms with Crippen LogP contribution in [-0.2, 0) is 6.61 Å². The number of likely N-dealkylation sites (N-methyl/N-ethyl adjacent to an activating group) is 1. The lowest BCUT2D eigenvalue weighted by Gasteiger charge is -2.23. The van der Waals surface area contributed by atoms with E-state index in [4.69, 9.17) is 4.74 Å². The summed E-state index contributed by atoms with van der Waals surface area (Å²) >= 11 is 1.70. The van der Waals surface area contributed by atoms with Crippen LogP contribution >= 0.6 is 11.3 Å². The average molecular weight is 381 g/mol. The summed E-state index contributed by atoms with van der Waals surface area (Å²) in [5.74, 6) is 0.595. The molecule has 1 heterocycles. The Kier molecular flexibility index (Phi) is 6.63. The van der Waals surface area contributed by atoms with Crippen molar-refractivity contribution in [2.24, 2.45) is 0 Å². The van der Waals surface area contributed by atoms with Gasteiger partial charge in [0.15, 0.2) is 0 Å². The molecule has 0 aliphatic rings. The molecule has 0 saturated carbocycles. The van der Waals surface area contributed by atoms with Crippen LogP contribution < -0.4 is 10.1 Å². The van der Waals surface area contributed by atoms with Gasteiger partial charge >= 0.3 is 0 Å². The van der Waals surface area contributed by atoms with Crippen molar-refractivity contribution in [1.29, 1.82) is 0 Å². The molecule has 0 aliphatic heterocycles. The van der Waals surface area contributed by atoms with E-state index in [0.717, 1.165) is 5.56 Å². The first-order valence-electron chi connectivity index (χ1n) is 8.88. The topological polar surface area (TPSA) is 41.6 Å². The summed E-state index contributed by atoms with van der Waals surface area (Å²) in [5, 5.41) is 5.10. The van der Waals surface area contributed by atoms with Crippen LogP contribution in [0.3, 0.4) is 0 Å². The Balaban J connectivity index is 1.59. The molecule has 0 fully saturated rings. The number of amides is 1. The zero-order chi connectivity index (χ0) is 19.1. The lowest BCUT2D eigenvalue weighted by Crippen LogP contribution is -2.34. The number of thiophene rings is 1. The summed E-state index contributed by atoms with van der Waals surface area (Å²) in [6.07, 6.45) is 0. The van der Waals surface area contributed by atoms with Crippen molar-refractivity contribution in [3.8, 4) is 5.75 Å². The Labute approximate surface area is 164 Å². The van der Waals surface area contributed by atoms with Gasteiger partial charge < -0.3 is 15.0 Å². The fourth-order valence-corrected chi connectivity index (χ4v) is 3.70. The maximum absolute atomic E-state index is 12.6. The molecule has 3 rings (SSSR count). The van der Waals surface area contributed by atoms with E-state index in [0.29, 0.717) is 24.5 Å². The molecule has 27 heavy (non-hydrogen) atoms. The first-order chi connectivity index (χ1) is 13.1. The predicted octanol–water partition coefficient (Wildman–Crippen LogP) is 4.36. The van der Waals surface area contributed by atoms with E-state index in [9.17, 15) is 4.79 Å². The Morgan fingerprint density at radius 2 is 1.89 bits per heavy atom. The predicted molar refractivity (Wildman–Crippen MR) is 110 cm³/mol. The zero-order valence-electron chi connectivity index (χ0n) is 15.6. The number of nitrogens with zero attached hydrogens (tertiary/aromatic N) is 1. The number of benzene rings is 2. The third-order valence-electron chi connectivity index (χ3n) is 4.30. The van der Waals surface area contributed by atoms with E-state index in [1.165, 1.54) is 4.88 Å². The van der Waals surface area contributed by atoms with Gasteiger partial charge in [-0.1, -0.05) is 42.5 Å². The highest BCUT2D eigenvalue weighted by molar-refractivity contribution is 7.10. The molecule has 140 valence electrons. The van der Waals surface area contributed by atoms with Gasteiger partial charge in [0, 0.05) is 17.0 Å². The molecule has 0 bridgehead atoms. The van der Waals surface area contributed by atoms with E-state index in [-0.39, 0.29) is 11.9 Å². The highest BCUT2D eigenvalue weighted by atomic mass is 32.1. The lowest BCUT2D eigenvalue weighted by atomic mass is 10.1. The van der Waals surface area contributed by atoms with Crippen LogP contribution in [0.1, 0.15) is 26.8 Å². The SMILES string of the molecule is CN(C)C(CNC(=O)c1cccc(OCc2ccccc2)c1)c1cccs1. The molecular formula is C22H24N2O2S. The van der Waals surface area contributed by atoms with Crippen LogP contribution in [0.25, 0.3) is 0 Å². The van der Waals surface area contributed by atoms with Crippen molar-refractivity contribution in [3.63, 3.8) is 0 Å². The van der Waals surface area contributed by atoms with Gasteiger partial charge in [-0.25, -0.2) is 0 Å². The molecule has 1 unspecified atom stereocenters. The summed E-state index contributed by atoms with van der Waals surface area (Å²) in [7, 11) is 4.04. The fraction of sp³-hybridized carbons (Fsp3) is 0.227. The first kappa shape index (κ1) is 19.1. The van der Waals surface area contributed by atoms with Crippen LogP contribution in [0, 0.1) is 0 Å². The quantitative estimate of drug-likeness (QED) is 0.631. The van der Waals surface area contributed by atoms with E-state index >= 15 is 0 Å². The third kappa shape index (κ3) is 5.42. The number of rotatable bonds is 8. The standard InChI is InChI=1S/C22H24N2O2S/c1-24(2)20(21-12-7-13-27-21)15-23-22(25)18-10-6-11-19(14-18)26-16-17-8-4-3-5-9-17/h3-14,20H,15-16H2,1-2H3,(H,23,25). The van der Waals surface area contributed by atoms with Crippen molar-refractivity contribution < 1.29 is 9.53 Å².